The highest BCUT2D eigenvalue weighted by molar-refractivity contribution is 7.18. The molecule has 1 fully saturated rings. The van der Waals surface area contributed by atoms with Crippen molar-refractivity contribution in [2.75, 3.05) is 26.3 Å². The van der Waals surface area contributed by atoms with Crippen LogP contribution in [0.2, 0.25) is 0 Å². The number of nitrogens with zero attached hydrogens (tertiary/aromatic N) is 4. The number of fused-ring (bicyclic) bond motifs is 1. The van der Waals surface area contributed by atoms with E-state index in [-0.39, 0.29) is 11.6 Å². The van der Waals surface area contributed by atoms with Crippen LogP contribution >= 0.6 is 11.3 Å². The minimum Gasteiger partial charge on any atom is -0.429 e. The molecule has 0 aliphatic carbocycles. The van der Waals surface area contributed by atoms with Crippen molar-refractivity contribution in [1.82, 2.24) is 15.0 Å². The Morgan fingerprint density at radius 3 is 2.86 bits per heavy atom. The quantitative estimate of drug-likeness (QED) is 0.513. The highest BCUT2D eigenvalue weighted by Gasteiger charge is 2.23. The van der Waals surface area contributed by atoms with Gasteiger partial charge in [-0.05, 0) is 41.5 Å². The van der Waals surface area contributed by atoms with Crippen molar-refractivity contribution in [2.24, 2.45) is 0 Å². The number of rotatable bonds is 5. The van der Waals surface area contributed by atoms with Gasteiger partial charge < -0.3 is 24.5 Å². The zero-order chi connectivity index (χ0) is 19.7. The van der Waals surface area contributed by atoms with Gasteiger partial charge >= 0.3 is 5.82 Å². The van der Waals surface area contributed by atoms with Crippen LogP contribution in [0.1, 0.15) is 16.3 Å². The predicted octanol–water partition coefficient (Wildman–Crippen LogP) is 1.82. The molecule has 4 heterocycles. The van der Waals surface area contributed by atoms with Crippen molar-refractivity contribution in [2.45, 2.75) is 20.4 Å². The normalized spacial score (nSPS) is 15.1. The second-order valence-corrected chi connectivity index (χ2v) is 7.84. The zero-order valence-corrected chi connectivity index (χ0v) is 16.4. The Morgan fingerprint density at radius 1 is 1.32 bits per heavy atom. The number of aryl methyl sites for hydroxylation is 2. The molecule has 1 saturated heterocycles. The predicted molar refractivity (Wildman–Crippen MR) is 103 cm³/mol. The highest BCUT2D eigenvalue weighted by atomic mass is 32.1. The molecular formula is C18H20N5O4S+. The lowest BCUT2D eigenvalue weighted by Crippen LogP contribution is -3.12. The molecule has 4 rings (SSSR count). The van der Waals surface area contributed by atoms with E-state index in [0.717, 1.165) is 47.0 Å². The van der Waals surface area contributed by atoms with E-state index in [9.17, 15) is 10.1 Å². The molecule has 0 bridgehead atoms. The third kappa shape index (κ3) is 3.66. The maximum Gasteiger partial charge on any atom is 0.406 e. The SMILES string of the molecule is Cc1sc2nc(C[NH+]3CCOCC3)nc(Oc3cccnc3[N+](=O)[O-])c2c1C. The monoisotopic (exact) mass is 402 g/mol. The van der Waals surface area contributed by atoms with E-state index >= 15 is 0 Å². The number of quaternary nitrogens is 1. The average Bonchev–Trinajstić information content (AvgIpc) is 2.97. The summed E-state index contributed by atoms with van der Waals surface area (Å²) in [7, 11) is 0. The maximum atomic E-state index is 11.3. The van der Waals surface area contributed by atoms with Crippen LogP contribution in [0.25, 0.3) is 10.2 Å². The Morgan fingerprint density at radius 2 is 2.11 bits per heavy atom. The van der Waals surface area contributed by atoms with Crippen LogP contribution in [0, 0.1) is 24.0 Å². The Hall–Kier alpha value is -2.69. The lowest BCUT2D eigenvalue weighted by molar-refractivity contribution is -0.922. The fourth-order valence-corrected chi connectivity index (χ4v) is 4.21. The van der Waals surface area contributed by atoms with E-state index < -0.39 is 4.92 Å². The number of ether oxygens (including phenoxy) is 2. The van der Waals surface area contributed by atoms with Gasteiger partial charge in [-0.3, -0.25) is 0 Å². The highest BCUT2D eigenvalue weighted by Crippen LogP contribution is 2.37. The molecule has 1 aliphatic heterocycles. The van der Waals surface area contributed by atoms with Gasteiger partial charge in [-0.1, -0.05) is 0 Å². The van der Waals surface area contributed by atoms with E-state index in [4.69, 9.17) is 14.5 Å². The smallest absolute Gasteiger partial charge is 0.406 e. The Labute approximate surface area is 165 Å². The molecule has 0 unspecified atom stereocenters. The van der Waals surface area contributed by atoms with Crippen LogP contribution < -0.4 is 9.64 Å². The summed E-state index contributed by atoms with van der Waals surface area (Å²) in [5.74, 6) is 0.734. The molecular weight excluding hydrogens is 382 g/mol. The molecule has 3 aromatic rings. The van der Waals surface area contributed by atoms with E-state index in [1.807, 2.05) is 13.8 Å². The maximum absolute atomic E-state index is 11.3. The van der Waals surface area contributed by atoms with E-state index in [1.165, 1.54) is 17.2 Å². The van der Waals surface area contributed by atoms with Crippen molar-refractivity contribution < 1.29 is 19.3 Å². The summed E-state index contributed by atoms with van der Waals surface area (Å²) in [4.78, 5) is 27.2. The van der Waals surface area contributed by atoms with Crippen LogP contribution in [-0.2, 0) is 11.3 Å². The van der Waals surface area contributed by atoms with Gasteiger partial charge in [0.1, 0.15) is 30.7 Å². The first-order chi connectivity index (χ1) is 13.5. The number of nitrogens with one attached hydrogen (secondary N) is 1. The number of morpholine rings is 1. The topological polar surface area (TPSA) is 105 Å². The zero-order valence-electron chi connectivity index (χ0n) is 15.6. The van der Waals surface area contributed by atoms with Gasteiger partial charge in [0.25, 0.3) is 0 Å². The number of aromatic nitrogens is 3. The summed E-state index contributed by atoms with van der Waals surface area (Å²) in [6.07, 6.45) is 1.37. The molecule has 0 atom stereocenters. The summed E-state index contributed by atoms with van der Waals surface area (Å²) < 4.78 is 11.3. The second-order valence-electron chi connectivity index (χ2n) is 6.63. The fourth-order valence-electron chi connectivity index (χ4n) is 3.17. The van der Waals surface area contributed by atoms with Crippen LogP contribution in [0.4, 0.5) is 5.82 Å². The lowest BCUT2D eigenvalue weighted by Gasteiger charge is -2.23. The van der Waals surface area contributed by atoms with Gasteiger partial charge in [0, 0.05) is 4.88 Å². The Bertz CT molecular complexity index is 1030. The number of nitro groups is 1. The molecule has 0 amide bonds. The molecule has 3 aromatic heterocycles. The van der Waals surface area contributed by atoms with E-state index in [0.29, 0.717) is 18.2 Å². The summed E-state index contributed by atoms with van der Waals surface area (Å²) in [5, 5.41) is 12.1. The van der Waals surface area contributed by atoms with E-state index in [2.05, 4.69) is 9.97 Å². The Balaban J connectivity index is 1.76. The van der Waals surface area contributed by atoms with Gasteiger partial charge in [-0.15, -0.1) is 11.3 Å². The van der Waals surface area contributed by atoms with E-state index in [1.54, 1.807) is 17.4 Å². The summed E-state index contributed by atoms with van der Waals surface area (Å²) in [6, 6.07) is 3.13. The molecule has 0 saturated carbocycles. The average molecular weight is 402 g/mol. The molecule has 9 nitrogen and oxygen atoms in total. The standard InChI is InChI=1S/C18H19N5O4S/c1-11-12(2)28-18-15(11)17(27-13-4-3-5-19-16(13)23(24)25)20-14(21-18)10-22-6-8-26-9-7-22/h3-5H,6-10H2,1-2H3/p+1. The molecule has 0 aromatic carbocycles. The van der Waals surface area contributed by atoms with Crippen LogP contribution in [0.5, 0.6) is 11.6 Å². The summed E-state index contributed by atoms with van der Waals surface area (Å²) in [6.45, 7) is 7.89. The number of hydrogen-bond donors (Lipinski definition) is 1. The molecule has 0 spiro atoms. The van der Waals surface area contributed by atoms with Crippen molar-refractivity contribution >= 4 is 27.4 Å². The van der Waals surface area contributed by atoms with Crippen LogP contribution in [0.15, 0.2) is 18.3 Å². The first-order valence-corrected chi connectivity index (χ1v) is 9.79. The lowest BCUT2D eigenvalue weighted by atomic mass is 10.2. The summed E-state index contributed by atoms with van der Waals surface area (Å²) in [5.41, 5.74) is 1.02. The van der Waals surface area contributed by atoms with Crippen molar-refractivity contribution in [3.63, 3.8) is 0 Å². The molecule has 0 radical (unpaired) electrons. The third-order valence-corrected chi connectivity index (χ3v) is 5.88. The van der Waals surface area contributed by atoms with Gasteiger partial charge in [0.15, 0.2) is 5.82 Å². The van der Waals surface area contributed by atoms with Crippen molar-refractivity contribution in [1.29, 1.82) is 0 Å². The Kier molecular flexibility index (Phi) is 5.16. The largest absolute Gasteiger partial charge is 0.429 e. The molecule has 28 heavy (non-hydrogen) atoms. The second kappa shape index (κ2) is 7.74. The number of hydrogen-bond acceptors (Lipinski definition) is 8. The molecule has 1 aliphatic rings. The van der Waals surface area contributed by atoms with Crippen molar-refractivity contribution in [3.8, 4) is 11.6 Å². The molecule has 146 valence electrons. The van der Waals surface area contributed by atoms with Gasteiger partial charge in [0.05, 0.1) is 18.6 Å². The van der Waals surface area contributed by atoms with Crippen LogP contribution in [-0.4, -0.2) is 46.2 Å². The number of pyridine rings is 1. The fraction of sp³-hybridized carbons (Fsp3) is 0.389. The van der Waals surface area contributed by atoms with Gasteiger partial charge in [-0.25, -0.2) is 4.98 Å². The third-order valence-electron chi connectivity index (χ3n) is 4.78. The summed E-state index contributed by atoms with van der Waals surface area (Å²) >= 11 is 1.58. The van der Waals surface area contributed by atoms with Gasteiger partial charge in [-0.2, -0.15) is 4.98 Å². The van der Waals surface area contributed by atoms with Gasteiger partial charge in [0.2, 0.25) is 11.6 Å². The molecule has 10 heteroatoms. The molecule has 1 N–H and O–H groups in total. The first-order valence-electron chi connectivity index (χ1n) is 8.98. The minimum absolute atomic E-state index is 0.0698. The van der Waals surface area contributed by atoms with Crippen LogP contribution in [0.3, 0.4) is 0 Å². The number of thiophene rings is 1. The van der Waals surface area contributed by atoms with Crippen molar-refractivity contribution in [3.05, 3.63) is 44.7 Å². The minimum atomic E-state index is -0.557. The first kappa shape index (κ1) is 18.7.